The largest absolute Gasteiger partial charge is 0.486 e. The molecule has 0 N–H and O–H groups in total. The highest BCUT2D eigenvalue weighted by Crippen LogP contribution is 2.13. The molecule has 0 bridgehead atoms. The van der Waals surface area contributed by atoms with Gasteiger partial charge in [-0.05, 0) is 18.2 Å². The second-order valence-corrected chi connectivity index (χ2v) is 2.50. The number of rotatable bonds is 4. The molecule has 0 spiro atoms. The summed E-state index contributed by atoms with van der Waals surface area (Å²) < 4.78 is 9.55. The number of hydrogen-bond acceptors (Lipinski definition) is 4. The van der Waals surface area contributed by atoms with Crippen LogP contribution in [-0.4, -0.2) is 26.0 Å². The zero-order valence-corrected chi connectivity index (χ0v) is 7.73. The van der Waals surface area contributed by atoms with Gasteiger partial charge >= 0.3 is 5.97 Å². The summed E-state index contributed by atoms with van der Waals surface area (Å²) >= 11 is 0. The SMILES string of the molecule is COC(=O)c1cccc(OCC=O)c1. The van der Waals surface area contributed by atoms with Crippen LogP contribution in [0.4, 0.5) is 0 Å². The molecule has 0 saturated carbocycles. The van der Waals surface area contributed by atoms with Crippen LogP contribution < -0.4 is 4.74 Å². The molecule has 0 aromatic heterocycles. The van der Waals surface area contributed by atoms with Gasteiger partial charge in [-0.1, -0.05) is 6.07 Å². The smallest absolute Gasteiger partial charge is 0.337 e. The van der Waals surface area contributed by atoms with Crippen molar-refractivity contribution in [2.45, 2.75) is 0 Å². The lowest BCUT2D eigenvalue weighted by Crippen LogP contribution is -2.02. The quantitative estimate of drug-likeness (QED) is 0.531. The summed E-state index contributed by atoms with van der Waals surface area (Å²) in [5.74, 6) is 0.0431. The third-order valence-electron chi connectivity index (χ3n) is 1.57. The molecule has 4 nitrogen and oxygen atoms in total. The van der Waals surface area contributed by atoms with Crippen molar-refractivity contribution >= 4 is 12.3 Å². The Morgan fingerprint density at radius 2 is 2.29 bits per heavy atom. The van der Waals surface area contributed by atoms with Gasteiger partial charge in [0.05, 0.1) is 12.7 Å². The molecule has 1 rings (SSSR count). The van der Waals surface area contributed by atoms with Crippen LogP contribution in [0.15, 0.2) is 24.3 Å². The van der Waals surface area contributed by atoms with Gasteiger partial charge in [0, 0.05) is 0 Å². The van der Waals surface area contributed by atoms with Crippen LogP contribution in [0.3, 0.4) is 0 Å². The van der Waals surface area contributed by atoms with Crippen LogP contribution in [0.1, 0.15) is 10.4 Å². The van der Waals surface area contributed by atoms with E-state index in [4.69, 9.17) is 4.74 Å². The third kappa shape index (κ3) is 2.58. The fourth-order valence-corrected chi connectivity index (χ4v) is 0.961. The maximum absolute atomic E-state index is 11.1. The fraction of sp³-hybridized carbons (Fsp3) is 0.200. The minimum Gasteiger partial charge on any atom is -0.486 e. The van der Waals surface area contributed by atoms with E-state index in [0.29, 0.717) is 17.6 Å². The minimum atomic E-state index is -0.429. The Kier molecular flexibility index (Phi) is 3.67. The van der Waals surface area contributed by atoms with Crippen molar-refractivity contribution in [3.63, 3.8) is 0 Å². The molecule has 0 aliphatic rings. The number of ether oxygens (including phenoxy) is 2. The van der Waals surface area contributed by atoms with Gasteiger partial charge in [0.15, 0.2) is 6.29 Å². The zero-order valence-electron chi connectivity index (χ0n) is 7.73. The standard InChI is InChI=1S/C10H10O4/c1-13-10(12)8-3-2-4-9(7-8)14-6-5-11/h2-5,7H,6H2,1H3. The summed E-state index contributed by atoms with van der Waals surface area (Å²) in [5, 5.41) is 0. The van der Waals surface area contributed by atoms with Crippen LogP contribution in [-0.2, 0) is 9.53 Å². The van der Waals surface area contributed by atoms with E-state index in [1.54, 1.807) is 18.2 Å². The van der Waals surface area contributed by atoms with Crippen LogP contribution in [0.25, 0.3) is 0 Å². The first-order valence-corrected chi connectivity index (χ1v) is 4.02. The number of methoxy groups -OCH3 is 1. The summed E-state index contributed by atoms with van der Waals surface area (Å²) in [4.78, 5) is 21.1. The van der Waals surface area contributed by atoms with Gasteiger partial charge in [-0.3, -0.25) is 4.79 Å². The lowest BCUT2D eigenvalue weighted by atomic mass is 10.2. The van der Waals surface area contributed by atoms with Gasteiger partial charge in [-0.25, -0.2) is 4.79 Å². The van der Waals surface area contributed by atoms with Crippen LogP contribution in [0, 0.1) is 0 Å². The maximum Gasteiger partial charge on any atom is 0.337 e. The van der Waals surface area contributed by atoms with E-state index in [2.05, 4.69) is 4.74 Å². The molecule has 14 heavy (non-hydrogen) atoms. The zero-order chi connectivity index (χ0) is 10.4. The number of hydrogen-bond donors (Lipinski definition) is 0. The number of carbonyl (C=O) groups excluding carboxylic acids is 2. The molecule has 0 saturated heterocycles. The molecule has 0 amide bonds. The Labute approximate surface area is 81.4 Å². The van der Waals surface area contributed by atoms with Crippen LogP contribution in [0.5, 0.6) is 5.75 Å². The van der Waals surface area contributed by atoms with Crippen molar-refractivity contribution in [2.75, 3.05) is 13.7 Å². The van der Waals surface area contributed by atoms with E-state index in [0.717, 1.165) is 0 Å². The third-order valence-corrected chi connectivity index (χ3v) is 1.57. The molecule has 0 atom stereocenters. The molecule has 0 fully saturated rings. The van der Waals surface area contributed by atoms with Crippen molar-refractivity contribution in [3.8, 4) is 5.75 Å². The molecular weight excluding hydrogens is 184 g/mol. The van der Waals surface area contributed by atoms with E-state index in [9.17, 15) is 9.59 Å². The summed E-state index contributed by atoms with van der Waals surface area (Å²) in [6, 6.07) is 6.46. The van der Waals surface area contributed by atoms with Crippen molar-refractivity contribution in [3.05, 3.63) is 29.8 Å². The molecule has 0 unspecified atom stereocenters. The molecule has 74 valence electrons. The summed E-state index contributed by atoms with van der Waals surface area (Å²) in [6.45, 7) is -0.0232. The highest BCUT2D eigenvalue weighted by Gasteiger charge is 2.05. The van der Waals surface area contributed by atoms with E-state index in [1.807, 2.05) is 0 Å². The second-order valence-electron chi connectivity index (χ2n) is 2.50. The normalized spacial score (nSPS) is 9.21. The second kappa shape index (κ2) is 5.01. The number of aldehydes is 1. The van der Waals surface area contributed by atoms with Gasteiger partial charge in [0.2, 0.25) is 0 Å². The molecule has 4 heteroatoms. The first kappa shape index (κ1) is 10.2. The first-order chi connectivity index (χ1) is 6.77. The number of benzene rings is 1. The number of esters is 1. The van der Waals surface area contributed by atoms with Crippen molar-refractivity contribution in [1.82, 2.24) is 0 Å². The van der Waals surface area contributed by atoms with Gasteiger partial charge in [0.1, 0.15) is 12.4 Å². The molecule has 0 radical (unpaired) electrons. The van der Waals surface area contributed by atoms with E-state index in [1.165, 1.54) is 13.2 Å². The van der Waals surface area contributed by atoms with E-state index >= 15 is 0 Å². The van der Waals surface area contributed by atoms with Gasteiger partial charge < -0.3 is 9.47 Å². The lowest BCUT2D eigenvalue weighted by molar-refractivity contribution is -0.109. The van der Waals surface area contributed by atoms with Gasteiger partial charge in [0.25, 0.3) is 0 Å². The Morgan fingerprint density at radius 3 is 2.93 bits per heavy atom. The lowest BCUT2D eigenvalue weighted by Gasteiger charge is -2.03. The summed E-state index contributed by atoms with van der Waals surface area (Å²) in [5.41, 5.74) is 0.399. The van der Waals surface area contributed by atoms with Crippen molar-refractivity contribution < 1.29 is 19.1 Å². The Hall–Kier alpha value is -1.84. The van der Waals surface area contributed by atoms with Crippen molar-refractivity contribution in [2.24, 2.45) is 0 Å². The monoisotopic (exact) mass is 194 g/mol. The van der Waals surface area contributed by atoms with Crippen molar-refractivity contribution in [1.29, 1.82) is 0 Å². The molecule has 0 heterocycles. The molecule has 1 aromatic rings. The van der Waals surface area contributed by atoms with Crippen LogP contribution in [0.2, 0.25) is 0 Å². The van der Waals surface area contributed by atoms with E-state index in [-0.39, 0.29) is 6.61 Å². The number of carbonyl (C=O) groups is 2. The summed E-state index contributed by atoms with van der Waals surface area (Å²) in [7, 11) is 1.31. The average Bonchev–Trinajstić information content (AvgIpc) is 2.25. The summed E-state index contributed by atoms with van der Waals surface area (Å²) in [6.07, 6.45) is 0.644. The highest BCUT2D eigenvalue weighted by molar-refractivity contribution is 5.89. The molecule has 1 aromatic carbocycles. The minimum absolute atomic E-state index is 0.0232. The predicted octanol–water partition coefficient (Wildman–Crippen LogP) is 1.05. The first-order valence-electron chi connectivity index (χ1n) is 4.02. The van der Waals surface area contributed by atoms with E-state index < -0.39 is 5.97 Å². The maximum atomic E-state index is 11.1. The average molecular weight is 194 g/mol. The molecule has 0 aliphatic heterocycles. The Balaban J connectivity index is 2.78. The highest BCUT2D eigenvalue weighted by atomic mass is 16.5. The van der Waals surface area contributed by atoms with Gasteiger partial charge in [-0.15, -0.1) is 0 Å². The Morgan fingerprint density at radius 1 is 1.50 bits per heavy atom. The Bertz CT molecular complexity index is 333. The van der Waals surface area contributed by atoms with Crippen LogP contribution >= 0.6 is 0 Å². The topological polar surface area (TPSA) is 52.6 Å². The fourth-order valence-electron chi connectivity index (χ4n) is 0.961. The van der Waals surface area contributed by atoms with Gasteiger partial charge in [-0.2, -0.15) is 0 Å². The predicted molar refractivity (Wildman–Crippen MR) is 49.3 cm³/mol. The molecular formula is C10H10O4. The molecule has 0 aliphatic carbocycles.